The number of anilines is 1. The van der Waals surface area contributed by atoms with Crippen molar-refractivity contribution in [2.75, 3.05) is 25.0 Å². The molecule has 2 heterocycles. The summed E-state index contributed by atoms with van der Waals surface area (Å²) in [6, 6.07) is 5.20. The van der Waals surface area contributed by atoms with Gasteiger partial charge in [-0.3, -0.25) is 0 Å². The molecule has 1 saturated heterocycles. The fourth-order valence-electron chi connectivity index (χ4n) is 3.45. The highest BCUT2D eigenvalue weighted by Gasteiger charge is 2.32. The molecular formula is C20H23Cl3F3N5. The van der Waals surface area contributed by atoms with Crippen LogP contribution < -0.4 is 5.32 Å². The average Bonchev–Trinajstić information content (AvgIpc) is 2.71. The number of hydrogen-bond acceptors (Lipinski definition) is 5. The molecule has 0 atom stereocenters. The first kappa shape index (κ1) is 24.3. The number of piperidine rings is 1. The largest absolute Gasteiger partial charge is 0.416 e. The molecule has 2 aromatic rings. The van der Waals surface area contributed by atoms with Gasteiger partial charge in [-0.25, -0.2) is 4.98 Å². The maximum atomic E-state index is 13.1. The molecule has 0 radical (unpaired) electrons. The highest BCUT2D eigenvalue weighted by atomic mass is 35.6. The summed E-state index contributed by atoms with van der Waals surface area (Å²) >= 11 is 17.9. The van der Waals surface area contributed by atoms with Crippen LogP contribution >= 0.6 is 34.8 Å². The second-order valence-electron chi connectivity index (χ2n) is 7.84. The summed E-state index contributed by atoms with van der Waals surface area (Å²) in [5.41, 5.74) is -0.659. The number of benzene rings is 1. The van der Waals surface area contributed by atoms with E-state index in [1.165, 1.54) is 12.1 Å². The topological polar surface area (TPSA) is 53.9 Å². The Hall–Kier alpha value is -1.35. The Kier molecular flexibility index (Phi) is 7.56. The van der Waals surface area contributed by atoms with Gasteiger partial charge in [0.2, 0.25) is 9.74 Å². The molecule has 31 heavy (non-hydrogen) atoms. The van der Waals surface area contributed by atoms with Crippen LogP contribution in [0.3, 0.4) is 0 Å². The zero-order valence-corrected chi connectivity index (χ0v) is 19.3. The number of hydrogen-bond donors (Lipinski definition) is 1. The second-order valence-corrected chi connectivity index (χ2v) is 10.1. The minimum Gasteiger partial charge on any atom is -0.354 e. The summed E-state index contributed by atoms with van der Waals surface area (Å²) in [5, 5.41) is 3.15. The van der Waals surface area contributed by atoms with Crippen molar-refractivity contribution in [3.63, 3.8) is 0 Å². The number of rotatable bonds is 5. The number of aromatic nitrogens is 3. The van der Waals surface area contributed by atoms with E-state index in [0.717, 1.165) is 38.1 Å². The van der Waals surface area contributed by atoms with Crippen molar-refractivity contribution in [3.8, 4) is 11.4 Å². The number of nitrogens with one attached hydrogen (secondary N) is 1. The van der Waals surface area contributed by atoms with Crippen LogP contribution in [0.5, 0.6) is 0 Å². The predicted molar refractivity (Wildman–Crippen MR) is 117 cm³/mol. The number of halogens is 6. The third kappa shape index (κ3) is 6.57. The molecule has 1 aromatic carbocycles. The maximum absolute atomic E-state index is 13.1. The monoisotopic (exact) mass is 495 g/mol. The zero-order valence-electron chi connectivity index (χ0n) is 17.1. The van der Waals surface area contributed by atoms with Crippen molar-refractivity contribution >= 4 is 40.8 Å². The molecule has 0 spiro atoms. The lowest BCUT2D eigenvalue weighted by Crippen LogP contribution is -2.40. The van der Waals surface area contributed by atoms with Crippen LogP contribution in [0.4, 0.5) is 19.1 Å². The number of alkyl halides is 6. The van der Waals surface area contributed by atoms with Gasteiger partial charge in [-0.05, 0) is 57.8 Å². The summed E-state index contributed by atoms with van der Waals surface area (Å²) in [5.74, 6) is 0.423. The van der Waals surface area contributed by atoms with E-state index in [9.17, 15) is 13.2 Å². The van der Waals surface area contributed by atoms with Gasteiger partial charge in [-0.15, -0.1) is 0 Å². The lowest BCUT2D eigenvalue weighted by atomic mass is 9.96. The molecule has 1 aliphatic rings. The van der Waals surface area contributed by atoms with Crippen LogP contribution in [0.15, 0.2) is 24.3 Å². The Balaban J connectivity index is 1.82. The van der Waals surface area contributed by atoms with Gasteiger partial charge in [0.15, 0.2) is 11.6 Å². The molecule has 5 nitrogen and oxygen atoms in total. The normalized spacial score (nSPS) is 16.7. The van der Waals surface area contributed by atoms with E-state index in [4.69, 9.17) is 34.8 Å². The van der Waals surface area contributed by atoms with Gasteiger partial charge in [0.05, 0.1) is 5.56 Å². The van der Waals surface area contributed by atoms with Crippen molar-refractivity contribution < 1.29 is 13.2 Å². The lowest BCUT2D eigenvalue weighted by Gasteiger charge is -2.34. The van der Waals surface area contributed by atoms with Crippen LogP contribution in [-0.4, -0.2) is 45.5 Å². The Labute approximate surface area is 194 Å². The Morgan fingerprint density at radius 3 is 2.35 bits per heavy atom. The Bertz CT molecular complexity index is 894. The summed E-state index contributed by atoms with van der Waals surface area (Å²) in [7, 11) is 0. The average molecular weight is 497 g/mol. The van der Waals surface area contributed by atoms with Crippen molar-refractivity contribution in [2.24, 2.45) is 5.92 Å². The van der Waals surface area contributed by atoms with Crippen LogP contribution in [-0.2, 0) is 9.97 Å². The fourth-order valence-corrected chi connectivity index (χ4v) is 3.71. The first-order chi connectivity index (χ1) is 14.4. The first-order valence-corrected chi connectivity index (χ1v) is 11.1. The molecule has 0 aliphatic carbocycles. The second kappa shape index (κ2) is 9.65. The van der Waals surface area contributed by atoms with Gasteiger partial charge < -0.3 is 10.2 Å². The van der Waals surface area contributed by atoms with Crippen molar-refractivity contribution in [2.45, 2.75) is 42.7 Å². The van der Waals surface area contributed by atoms with Gasteiger partial charge in [0, 0.05) is 18.2 Å². The van der Waals surface area contributed by atoms with E-state index in [0.29, 0.717) is 18.5 Å². The summed E-state index contributed by atoms with van der Waals surface area (Å²) < 4.78 is 37.4. The smallest absolute Gasteiger partial charge is 0.354 e. The summed E-state index contributed by atoms with van der Waals surface area (Å²) in [4.78, 5) is 15.0. The minimum absolute atomic E-state index is 0.000415. The minimum atomic E-state index is -4.49. The molecule has 1 aromatic heterocycles. The van der Waals surface area contributed by atoms with Crippen LogP contribution in [0.1, 0.15) is 38.1 Å². The molecule has 0 amide bonds. The Morgan fingerprint density at radius 1 is 1.10 bits per heavy atom. The molecule has 1 N–H and O–H groups in total. The lowest BCUT2D eigenvalue weighted by molar-refractivity contribution is -0.137. The van der Waals surface area contributed by atoms with Crippen LogP contribution in [0.25, 0.3) is 11.4 Å². The van der Waals surface area contributed by atoms with E-state index < -0.39 is 15.5 Å². The molecule has 170 valence electrons. The first-order valence-electron chi connectivity index (χ1n) is 9.92. The summed E-state index contributed by atoms with van der Waals surface area (Å²) in [6.07, 6.45) is -2.45. The van der Waals surface area contributed by atoms with E-state index in [1.54, 1.807) is 0 Å². The molecule has 0 unspecified atom stereocenters. The van der Waals surface area contributed by atoms with Crippen molar-refractivity contribution in [3.05, 3.63) is 35.7 Å². The van der Waals surface area contributed by atoms with Gasteiger partial charge in [0.1, 0.15) is 0 Å². The van der Waals surface area contributed by atoms with Gasteiger partial charge in [0.25, 0.3) is 0 Å². The van der Waals surface area contributed by atoms with Gasteiger partial charge in [-0.2, -0.15) is 23.1 Å². The highest BCUT2D eigenvalue weighted by molar-refractivity contribution is 6.66. The van der Waals surface area contributed by atoms with E-state index in [2.05, 4.69) is 39.0 Å². The van der Waals surface area contributed by atoms with Crippen LogP contribution in [0.2, 0.25) is 0 Å². The molecule has 0 saturated carbocycles. The standard InChI is InChI=1S/C20H23Cl3F3N5/c1-12(2)31-8-6-13(7-9-31)11-27-18-29-16(28-17(30-18)19(21,22)23)14-4-3-5-15(10-14)20(24,25)26/h3-5,10,12-13H,6-9,11H2,1-2H3,(H,27,28,29,30). The van der Waals surface area contributed by atoms with Gasteiger partial charge in [-0.1, -0.05) is 46.9 Å². The number of nitrogens with zero attached hydrogens (tertiary/aromatic N) is 4. The summed E-state index contributed by atoms with van der Waals surface area (Å²) in [6.45, 7) is 6.98. The third-order valence-corrected chi connectivity index (χ3v) is 5.77. The zero-order chi connectivity index (χ0) is 22.8. The van der Waals surface area contributed by atoms with Crippen molar-refractivity contribution in [1.29, 1.82) is 0 Å². The van der Waals surface area contributed by atoms with E-state index in [1.807, 2.05) is 0 Å². The van der Waals surface area contributed by atoms with Crippen molar-refractivity contribution in [1.82, 2.24) is 19.9 Å². The van der Waals surface area contributed by atoms with E-state index >= 15 is 0 Å². The van der Waals surface area contributed by atoms with E-state index in [-0.39, 0.29) is 23.2 Å². The Morgan fingerprint density at radius 2 is 1.77 bits per heavy atom. The highest BCUT2D eigenvalue weighted by Crippen LogP contribution is 2.37. The molecule has 11 heteroatoms. The molecule has 1 fully saturated rings. The molecule has 3 rings (SSSR count). The molecular weight excluding hydrogens is 474 g/mol. The quantitative estimate of drug-likeness (QED) is 0.521. The third-order valence-electron chi connectivity index (χ3n) is 5.27. The SMILES string of the molecule is CC(C)N1CCC(CNc2nc(-c3cccc(C(F)(F)F)c3)nc(C(Cl)(Cl)Cl)n2)CC1. The molecule has 0 bridgehead atoms. The fraction of sp³-hybridized carbons (Fsp3) is 0.550. The predicted octanol–water partition coefficient (Wildman–Crippen LogP) is 5.92. The molecule has 1 aliphatic heterocycles. The number of likely N-dealkylation sites (tertiary alicyclic amines) is 1. The maximum Gasteiger partial charge on any atom is 0.416 e. The van der Waals surface area contributed by atoms with Crippen LogP contribution in [0, 0.1) is 5.92 Å². The van der Waals surface area contributed by atoms with Gasteiger partial charge >= 0.3 is 6.18 Å².